The van der Waals surface area contributed by atoms with Gasteiger partial charge in [0.05, 0.1) is 6.54 Å². The van der Waals surface area contributed by atoms with E-state index in [9.17, 15) is 0 Å². The van der Waals surface area contributed by atoms with E-state index in [0.717, 1.165) is 25.6 Å². The molecule has 1 aliphatic rings. The molecule has 0 saturated heterocycles. The molecule has 0 aliphatic carbocycles. The molecular weight excluding hydrogens is 234 g/mol. The number of fused-ring (bicyclic) bond motifs is 1. The lowest BCUT2D eigenvalue weighted by Crippen LogP contribution is -2.35. The van der Waals surface area contributed by atoms with Crippen LogP contribution in [-0.4, -0.2) is 31.0 Å². The number of likely N-dealkylation sites (N-methyl/N-ethyl adjacent to an activating group) is 1. The lowest BCUT2D eigenvalue weighted by molar-refractivity contribution is 0.534. The normalized spacial score (nSPS) is 14.8. The SMILES string of the molecule is Cc1ccc(CNC2=NCCN2C)c2ccccc12. The predicted molar refractivity (Wildman–Crippen MR) is 80.5 cm³/mol. The number of hydrogen-bond donors (Lipinski definition) is 1. The standard InChI is InChI=1S/C16H19N3/c1-12-7-8-13(15-6-4-3-5-14(12)15)11-18-16-17-9-10-19(16)2/h3-8H,9-11H2,1-2H3,(H,17,18). The highest BCUT2D eigenvalue weighted by Gasteiger charge is 2.12. The topological polar surface area (TPSA) is 27.6 Å². The number of nitrogens with zero attached hydrogens (tertiary/aromatic N) is 2. The van der Waals surface area contributed by atoms with Gasteiger partial charge in [-0.15, -0.1) is 0 Å². The van der Waals surface area contributed by atoms with Gasteiger partial charge in [0, 0.05) is 20.1 Å². The van der Waals surface area contributed by atoms with Gasteiger partial charge in [0.25, 0.3) is 0 Å². The maximum Gasteiger partial charge on any atom is 0.194 e. The molecule has 19 heavy (non-hydrogen) atoms. The minimum absolute atomic E-state index is 0.823. The second kappa shape index (κ2) is 4.92. The fourth-order valence-corrected chi connectivity index (χ4v) is 2.56. The van der Waals surface area contributed by atoms with Gasteiger partial charge in [-0.2, -0.15) is 0 Å². The third-order valence-electron chi connectivity index (χ3n) is 3.73. The van der Waals surface area contributed by atoms with Gasteiger partial charge >= 0.3 is 0 Å². The number of rotatable bonds is 2. The zero-order chi connectivity index (χ0) is 13.2. The predicted octanol–water partition coefficient (Wildman–Crippen LogP) is 2.54. The highest BCUT2D eigenvalue weighted by molar-refractivity contribution is 5.89. The first-order valence-electron chi connectivity index (χ1n) is 6.72. The van der Waals surface area contributed by atoms with E-state index in [-0.39, 0.29) is 0 Å². The van der Waals surface area contributed by atoms with Gasteiger partial charge in [-0.1, -0.05) is 36.4 Å². The Balaban J connectivity index is 1.87. The highest BCUT2D eigenvalue weighted by Crippen LogP contribution is 2.22. The van der Waals surface area contributed by atoms with Gasteiger partial charge in [-0.05, 0) is 28.8 Å². The molecule has 0 unspecified atom stereocenters. The van der Waals surface area contributed by atoms with E-state index in [4.69, 9.17) is 0 Å². The van der Waals surface area contributed by atoms with E-state index in [0.29, 0.717) is 0 Å². The molecule has 1 heterocycles. The van der Waals surface area contributed by atoms with Crippen molar-refractivity contribution in [3.05, 3.63) is 47.5 Å². The highest BCUT2D eigenvalue weighted by atomic mass is 15.3. The second-order valence-electron chi connectivity index (χ2n) is 5.07. The van der Waals surface area contributed by atoms with Crippen molar-refractivity contribution in [1.82, 2.24) is 10.2 Å². The van der Waals surface area contributed by atoms with Gasteiger partial charge in [-0.25, -0.2) is 0 Å². The first-order valence-corrected chi connectivity index (χ1v) is 6.72. The first-order chi connectivity index (χ1) is 9.25. The van der Waals surface area contributed by atoms with Crippen LogP contribution in [0.5, 0.6) is 0 Å². The van der Waals surface area contributed by atoms with Crippen LogP contribution < -0.4 is 5.32 Å². The van der Waals surface area contributed by atoms with Crippen LogP contribution in [0.15, 0.2) is 41.4 Å². The van der Waals surface area contributed by atoms with Crippen LogP contribution >= 0.6 is 0 Å². The van der Waals surface area contributed by atoms with Crippen LogP contribution in [-0.2, 0) is 6.54 Å². The van der Waals surface area contributed by atoms with Crippen LogP contribution in [0.3, 0.4) is 0 Å². The van der Waals surface area contributed by atoms with Gasteiger partial charge in [-0.3, -0.25) is 4.99 Å². The zero-order valence-electron chi connectivity index (χ0n) is 11.5. The summed E-state index contributed by atoms with van der Waals surface area (Å²) in [5.74, 6) is 1.00. The van der Waals surface area contributed by atoms with Crippen molar-refractivity contribution < 1.29 is 0 Å². The average molecular weight is 253 g/mol. The van der Waals surface area contributed by atoms with Gasteiger partial charge in [0.2, 0.25) is 0 Å². The molecule has 0 amide bonds. The number of benzene rings is 2. The number of nitrogens with one attached hydrogen (secondary N) is 1. The molecular formula is C16H19N3. The Kier molecular flexibility index (Phi) is 3.11. The molecule has 3 nitrogen and oxygen atoms in total. The molecule has 0 aromatic heterocycles. The fraction of sp³-hybridized carbons (Fsp3) is 0.312. The molecule has 0 radical (unpaired) electrons. The minimum Gasteiger partial charge on any atom is -0.352 e. The lowest BCUT2D eigenvalue weighted by atomic mass is 10.0. The van der Waals surface area contributed by atoms with E-state index in [2.05, 4.69) is 65.6 Å². The Morgan fingerprint density at radius 2 is 1.95 bits per heavy atom. The Morgan fingerprint density at radius 1 is 1.16 bits per heavy atom. The second-order valence-corrected chi connectivity index (χ2v) is 5.07. The van der Waals surface area contributed by atoms with Crippen LogP contribution in [0.4, 0.5) is 0 Å². The van der Waals surface area contributed by atoms with Gasteiger partial charge in [0.15, 0.2) is 5.96 Å². The molecule has 0 atom stereocenters. The lowest BCUT2D eigenvalue weighted by Gasteiger charge is -2.16. The molecule has 3 rings (SSSR count). The Labute approximate surface area is 114 Å². The fourth-order valence-electron chi connectivity index (χ4n) is 2.56. The average Bonchev–Trinajstić information content (AvgIpc) is 2.84. The first kappa shape index (κ1) is 12.0. The van der Waals surface area contributed by atoms with E-state index >= 15 is 0 Å². The molecule has 2 aromatic rings. The molecule has 1 N–H and O–H groups in total. The zero-order valence-corrected chi connectivity index (χ0v) is 11.5. The molecule has 98 valence electrons. The van der Waals surface area contributed by atoms with Crippen molar-refractivity contribution in [2.75, 3.05) is 20.1 Å². The summed E-state index contributed by atoms with van der Waals surface area (Å²) in [6.07, 6.45) is 0. The number of aryl methyl sites for hydroxylation is 1. The molecule has 0 fully saturated rings. The van der Waals surface area contributed by atoms with E-state index in [1.807, 2.05) is 0 Å². The van der Waals surface area contributed by atoms with Crippen LogP contribution in [0.1, 0.15) is 11.1 Å². The number of guanidine groups is 1. The summed E-state index contributed by atoms with van der Waals surface area (Å²) >= 11 is 0. The summed E-state index contributed by atoms with van der Waals surface area (Å²) in [5, 5.41) is 6.10. The van der Waals surface area contributed by atoms with E-state index in [1.54, 1.807) is 0 Å². The molecule has 3 heteroatoms. The van der Waals surface area contributed by atoms with Crippen molar-refractivity contribution in [3.63, 3.8) is 0 Å². The minimum atomic E-state index is 0.823. The third kappa shape index (κ3) is 2.28. The summed E-state index contributed by atoms with van der Waals surface area (Å²) in [6.45, 7) is 4.89. The molecule has 0 saturated carbocycles. The largest absolute Gasteiger partial charge is 0.352 e. The van der Waals surface area contributed by atoms with E-state index in [1.165, 1.54) is 21.9 Å². The number of hydrogen-bond acceptors (Lipinski definition) is 3. The van der Waals surface area contributed by atoms with Gasteiger partial charge < -0.3 is 10.2 Å². The Bertz CT molecular complexity index is 631. The quantitative estimate of drug-likeness (QED) is 0.890. The van der Waals surface area contributed by atoms with Crippen molar-refractivity contribution >= 4 is 16.7 Å². The maximum atomic E-state index is 4.46. The smallest absolute Gasteiger partial charge is 0.194 e. The van der Waals surface area contributed by atoms with Crippen LogP contribution in [0, 0.1) is 6.92 Å². The Morgan fingerprint density at radius 3 is 2.68 bits per heavy atom. The summed E-state index contributed by atoms with van der Waals surface area (Å²) in [7, 11) is 2.08. The number of aliphatic imine (C=N–C) groups is 1. The molecule has 0 bridgehead atoms. The van der Waals surface area contributed by atoms with Crippen molar-refractivity contribution in [3.8, 4) is 0 Å². The monoisotopic (exact) mass is 253 g/mol. The van der Waals surface area contributed by atoms with E-state index < -0.39 is 0 Å². The summed E-state index contributed by atoms with van der Waals surface area (Å²) in [4.78, 5) is 6.62. The summed E-state index contributed by atoms with van der Waals surface area (Å²) < 4.78 is 0. The van der Waals surface area contributed by atoms with Gasteiger partial charge in [0.1, 0.15) is 0 Å². The molecule has 1 aliphatic heterocycles. The van der Waals surface area contributed by atoms with Crippen molar-refractivity contribution in [1.29, 1.82) is 0 Å². The maximum absolute atomic E-state index is 4.46. The van der Waals surface area contributed by atoms with Crippen molar-refractivity contribution in [2.45, 2.75) is 13.5 Å². The Hall–Kier alpha value is -2.03. The molecule has 0 spiro atoms. The van der Waals surface area contributed by atoms with Crippen LogP contribution in [0.25, 0.3) is 10.8 Å². The summed E-state index contributed by atoms with van der Waals surface area (Å²) in [5.41, 5.74) is 2.65. The van der Waals surface area contributed by atoms with Crippen molar-refractivity contribution in [2.24, 2.45) is 4.99 Å². The summed E-state index contributed by atoms with van der Waals surface area (Å²) in [6, 6.07) is 13.0. The van der Waals surface area contributed by atoms with Crippen LogP contribution in [0.2, 0.25) is 0 Å². The third-order valence-corrected chi connectivity index (χ3v) is 3.73. The molecule has 2 aromatic carbocycles.